The first kappa shape index (κ1) is 23.9. The van der Waals surface area contributed by atoms with E-state index in [1.54, 1.807) is 11.3 Å². The van der Waals surface area contributed by atoms with Gasteiger partial charge in [-0.25, -0.2) is 0 Å². The van der Waals surface area contributed by atoms with Gasteiger partial charge in [0.15, 0.2) is 11.0 Å². The van der Waals surface area contributed by atoms with Crippen molar-refractivity contribution in [2.45, 2.75) is 25.5 Å². The van der Waals surface area contributed by atoms with Gasteiger partial charge in [-0.15, -0.1) is 21.5 Å². The van der Waals surface area contributed by atoms with Crippen LogP contribution in [0.3, 0.4) is 0 Å². The molecule has 0 saturated carbocycles. The number of rotatable bonds is 8. The number of thiophene rings is 1. The Morgan fingerprint density at radius 2 is 2.00 bits per heavy atom. The van der Waals surface area contributed by atoms with E-state index in [2.05, 4.69) is 40.0 Å². The Kier molecular flexibility index (Phi) is 7.30. The zero-order valence-electron chi connectivity index (χ0n) is 18.3. The van der Waals surface area contributed by atoms with E-state index in [0.29, 0.717) is 17.4 Å². The number of carbonyl (C=O) groups is 1. The van der Waals surface area contributed by atoms with E-state index in [4.69, 9.17) is 11.6 Å². The van der Waals surface area contributed by atoms with Crippen LogP contribution in [0.1, 0.15) is 11.8 Å². The third-order valence-electron chi connectivity index (χ3n) is 5.07. The quantitative estimate of drug-likeness (QED) is 0.168. The van der Waals surface area contributed by atoms with Crippen molar-refractivity contribution in [3.63, 3.8) is 0 Å². The highest BCUT2D eigenvalue weighted by molar-refractivity contribution is 7.99. The highest BCUT2D eigenvalue weighted by Gasteiger charge is 2.21. The van der Waals surface area contributed by atoms with Crippen molar-refractivity contribution in [3.8, 4) is 22.5 Å². The van der Waals surface area contributed by atoms with Gasteiger partial charge in [0, 0.05) is 39.7 Å². The maximum Gasteiger partial charge on any atom is 0.289 e. The summed E-state index contributed by atoms with van der Waals surface area (Å²) in [4.78, 5) is 24.1. The molecule has 0 unspecified atom stereocenters. The number of nitrogens with one attached hydrogen (secondary N) is 1. The molecule has 0 radical (unpaired) electrons. The average Bonchev–Trinajstić information content (AvgIpc) is 3.41. The number of carbonyl (C=O) groups excluding carboxylic acids is 1. The number of aryl methyl sites for hydroxylation is 1. The third kappa shape index (κ3) is 4.98. The number of anilines is 1. The summed E-state index contributed by atoms with van der Waals surface area (Å²) in [6.45, 7) is 4.73. The van der Waals surface area contributed by atoms with Crippen molar-refractivity contribution >= 4 is 52.0 Å². The van der Waals surface area contributed by atoms with E-state index in [0.717, 1.165) is 22.5 Å². The Bertz CT molecular complexity index is 1350. The highest BCUT2D eigenvalue weighted by Crippen LogP contribution is 2.39. The number of hydrogen-bond donors (Lipinski definition) is 1. The zero-order chi connectivity index (χ0) is 24.2. The Morgan fingerprint density at radius 3 is 2.71 bits per heavy atom. The fourth-order valence-electron chi connectivity index (χ4n) is 3.52. The third-order valence-corrected chi connectivity index (χ3v) is 7.27. The van der Waals surface area contributed by atoms with Gasteiger partial charge in [-0.3, -0.25) is 14.9 Å². The van der Waals surface area contributed by atoms with Crippen LogP contribution in [0, 0.1) is 17.0 Å². The lowest BCUT2D eigenvalue weighted by Gasteiger charge is -2.09. The molecule has 2 aromatic heterocycles. The average molecular weight is 514 g/mol. The van der Waals surface area contributed by atoms with Crippen molar-refractivity contribution in [2.75, 3.05) is 11.1 Å². The first-order chi connectivity index (χ1) is 16.4. The monoisotopic (exact) mass is 513 g/mol. The molecule has 34 heavy (non-hydrogen) atoms. The molecule has 8 nitrogen and oxygen atoms in total. The standard InChI is InChI=1S/C23H20ClN5O3S2/c1-3-28-22(17-12-33-14(2)21(17)15-7-5-4-6-8-15)26-27-23(28)34-13-20(30)25-16-9-10-18(24)19(11-16)29(31)32/h4-12H,3,13H2,1-2H3,(H,25,30). The lowest BCUT2D eigenvalue weighted by Crippen LogP contribution is -2.14. The predicted molar refractivity (Wildman–Crippen MR) is 137 cm³/mol. The summed E-state index contributed by atoms with van der Waals surface area (Å²) >= 11 is 8.75. The van der Waals surface area contributed by atoms with Crippen LogP contribution in [0.15, 0.2) is 59.1 Å². The number of benzene rings is 2. The van der Waals surface area contributed by atoms with Crippen molar-refractivity contribution < 1.29 is 9.72 Å². The van der Waals surface area contributed by atoms with Gasteiger partial charge < -0.3 is 9.88 Å². The van der Waals surface area contributed by atoms with E-state index in [-0.39, 0.29) is 22.4 Å². The summed E-state index contributed by atoms with van der Waals surface area (Å²) in [5.74, 6) is 0.509. The Labute approximate surface area is 209 Å². The molecular weight excluding hydrogens is 494 g/mol. The molecule has 0 saturated heterocycles. The van der Waals surface area contributed by atoms with Crippen LogP contribution in [0.5, 0.6) is 0 Å². The van der Waals surface area contributed by atoms with Crippen molar-refractivity contribution in [3.05, 3.63) is 73.9 Å². The lowest BCUT2D eigenvalue weighted by molar-refractivity contribution is -0.384. The molecule has 0 bridgehead atoms. The number of hydrogen-bond acceptors (Lipinski definition) is 7. The van der Waals surface area contributed by atoms with Crippen molar-refractivity contribution in [2.24, 2.45) is 0 Å². The number of nitro benzene ring substituents is 1. The Morgan fingerprint density at radius 1 is 1.24 bits per heavy atom. The van der Waals surface area contributed by atoms with E-state index < -0.39 is 4.92 Å². The molecule has 0 aliphatic rings. The highest BCUT2D eigenvalue weighted by atomic mass is 35.5. The van der Waals surface area contributed by atoms with Crippen molar-refractivity contribution in [1.29, 1.82) is 0 Å². The maximum atomic E-state index is 12.5. The molecule has 2 aromatic carbocycles. The number of halogens is 1. The molecule has 174 valence electrons. The first-order valence-corrected chi connectivity index (χ1v) is 12.6. The van der Waals surface area contributed by atoms with Gasteiger partial charge in [0.25, 0.3) is 5.69 Å². The maximum absolute atomic E-state index is 12.5. The molecule has 2 heterocycles. The summed E-state index contributed by atoms with van der Waals surface area (Å²) in [6, 6.07) is 14.3. The second kappa shape index (κ2) is 10.4. The molecule has 4 rings (SSSR count). The minimum atomic E-state index is -0.589. The van der Waals surface area contributed by atoms with Gasteiger partial charge in [-0.2, -0.15) is 0 Å². The second-order valence-electron chi connectivity index (χ2n) is 7.26. The van der Waals surface area contributed by atoms with Gasteiger partial charge in [-0.05, 0) is 31.5 Å². The van der Waals surface area contributed by atoms with E-state index >= 15 is 0 Å². The number of nitrogens with zero attached hydrogens (tertiary/aromatic N) is 4. The summed E-state index contributed by atoms with van der Waals surface area (Å²) in [7, 11) is 0. The molecule has 1 N–H and O–H groups in total. The van der Waals surface area contributed by atoms with Crippen LogP contribution in [-0.4, -0.2) is 31.3 Å². The van der Waals surface area contributed by atoms with Crippen LogP contribution < -0.4 is 5.32 Å². The molecule has 0 aliphatic heterocycles. The SMILES string of the molecule is CCn1c(SCC(=O)Nc2ccc(Cl)c([N+](=O)[O-])c2)nnc1-c1csc(C)c1-c1ccccc1. The van der Waals surface area contributed by atoms with Crippen LogP contribution >= 0.6 is 34.7 Å². The summed E-state index contributed by atoms with van der Waals surface area (Å²) in [6.07, 6.45) is 0. The van der Waals surface area contributed by atoms with Gasteiger partial charge >= 0.3 is 0 Å². The number of nitro groups is 1. The van der Waals surface area contributed by atoms with Crippen LogP contribution in [-0.2, 0) is 11.3 Å². The molecular formula is C23H20ClN5O3S2. The predicted octanol–water partition coefficient (Wildman–Crippen LogP) is 6.29. The molecule has 0 aliphatic carbocycles. The molecule has 11 heteroatoms. The molecule has 0 fully saturated rings. The first-order valence-electron chi connectivity index (χ1n) is 10.3. The zero-order valence-corrected chi connectivity index (χ0v) is 20.7. The minimum absolute atomic E-state index is 0.0134. The molecule has 0 spiro atoms. The fourth-order valence-corrected chi connectivity index (χ4v) is 5.37. The Balaban J connectivity index is 1.52. The van der Waals surface area contributed by atoms with Gasteiger partial charge in [0.2, 0.25) is 5.91 Å². The number of aromatic nitrogens is 3. The number of thioether (sulfide) groups is 1. The van der Waals surface area contributed by atoms with Gasteiger partial charge in [0.1, 0.15) is 5.02 Å². The summed E-state index contributed by atoms with van der Waals surface area (Å²) in [5.41, 5.74) is 3.30. The Hall–Kier alpha value is -3.21. The van der Waals surface area contributed by atoms with Crippen molar-refractivity contribution in [1.82, 2.24) is 14.8 Å². The summed E-state index contributed by atoms with van der Waals surface area (Å²) < 4.78 is 1.99. The summed E-state index contributed by atoms with van der Waals surface area (Å²) in [5, 5.41) is 25.2. The van der Waals surface area contributed by atoms with E-state index in [1.807, 2.05) is 29.7 Å². The molecule has 1 amide bonds. The smallest absolute Gasteiger partial charge is 0.289 e. The fraction of sp³-hybridized carbons (Fsp3) is 0.174. The molecule has 4 aromatic rings. The molecule has 0 atom stereocenters. The topological polar surface area (TPSA) is 103 Å². The van der Waals surface area contributed by atoms with Crippen LogP contribution in [0.25, 0.3) is 22.5 Å². The van der Waals surface area contributed by atoms with E-state index in [9.17, 15) is 14.9 Å². The second-order valence-corrected chi connectivity index (χ2v) is 9.69. The van der Waals surface area contributed by atoms with Crippen LogP contribution in [0.2, 0.25) is 5.02 Å². The minimum Gasteiger partial charge on any atom is -0.325 e. The normalized spacial score (nSPS) is 10.9. The number of amides is 1. The largest absolute Gasteiger partial charge is 0.325 e. The van der Waals surface area contributed by atoms with Crippen LogP contribution in [0.4, 0.5) is 11.4 Å². The van der Waals surface area contributed by atoms with Gasteiger partial charge in [0.05, 0.1) is 10.7 Å². The van der Waals surface area contributed by atoms with Gasteiger partial charge in [-0.1, -0.05) is 53.7 Å². The van der Waals surface area contributed by atoms with E-state index in [1.165, 1.54) is 34.8 Å². The lowest BCUT2D eigenvalue weighted by atomic mass is 10.0.